The Morgan fingerprint density at radius 2 is 1.95 bits per heavy atom. The molecule has 0 aliphatic carbocycles. The van der Waals surface area contributed by atoms with E-state index in [1.807, 2.05) is 26.0 Å². The maximum absolute atomic E-state index is 12.4. The summed E-state index contributed by atoms with van der Waals surface area (Å²) in [6.07, 6.45) is -5.03. The minimum absolute atomic E-state index is 0.269. The number of anilines is 1. The molecule has 0 aromatic heterocycles. The van der Waals surface area contributed by atoms with Gasteiger partial charge in [0.25, 0.3) is 0 Å². The number of amides is 1. The number of halogens is 3. The fourth-order valence-corrected chi connectivity index (χ4v) is 2.36. The van der Waals surface area contributed by atoms with Crippen LogP contribution < -0.4 is 4.90 Å². The van der Waals surface area contributed by atoms with E-state index in [1.54, 1.807) is 6.07 Å². The highest BCUT2D eigenvalue weighted by Crippen LogP contribution is 2.33. The average Bonchev–Trinajstić information content (AvgIpc) is 2.63. The topological polar surface area (TPSA) is 20.3 Å². The van der Waals surface area contributed by atoms with Gasteiger partial charge in [0.1, 0.15) is 0 Å². The second kappa shape index (κ2) is 4.87. The van der Waals surface area contributed by atoms with Crippen molar-refractivity contribution in [2.75, 3.05) is 11.4 Å². The van der Waals surface area contributed by atoms with E-state index in [-0.39, 0.29) is 6.42 Å². The van der Waals surface area contributed by atoms with Crippen LogP contribution in [-0.4, -0.2) is 18.6 Å². The van der Waals surface area contributed by atoms with Crippen molar-refractivity contribution in [3.8, 4) is 0 Å². The molecule has 1 fully saturated rings. The molecule has 0 radical (unpaired) electrons. The van der Waals surface area contributed by atoms with Crippen LogP contribution >= 0.6 is 0 Å². The molecule has 1 amide bonds. The molecule has 1 aliphatic rings. The van der Waals surface area contributed by atoms with Crippen molar-refractivity contribution in [2.24, 2.45) is 5.92 Å². The van der Waals surface area contributed by atoms with Gasteiger partial charge in [-0.1, -0.05) is 6.07 Å². The fourth-order valence-electron chi connectivity index (χ4n) is 2.36. The molecule has 1 saturated heterocycles. The van der Waals surface area contributed by atoms with E-state index < -0.39 is 24.4 Å². The lowest BCUT2D eigenvalue weighted by Crippen LogP contribution is -2.29. The number of carbonyl (C=O) groups is 1. The molecule has 2 nitrogen and oxygen atoms in total. The smallest absolute Gasteiger partial charge is 0.312 e. The normalized spacial score (nSPS) is 20.2. The lowest BCUT2D eigenvalue weighted by atomic mass is 10.0. The van der Waals surface area contributed by atoms with Gasteiger partial charge in [0.15, 0.2) is 0 Å². The Morgan fingerprint density at radius 3 is 2.53 bits per heavy atom. The van der Waals surface area contributed by atoms with Gasteiger partial charge in [0.2, 0.25) is 5.91 Å². The van der Waals surface area contributed by atoms with E-state index in [0.29, 0.717) is 12.2 Å². The van der Waals surface area contributed by atoms with Gasteiger partial charge in [0.05, 0.1) is 6.42 Å². The number of nitrogens with zero attached hydrogens (tertiary/aromatic N) is 1. The molecule has 0 bridgehead atoms. The molecular formula is C14H16F3NO. The summed E-state index contributed by atoms with van der Waals surface area (Å²) in [5.74, 6) is -1.35. The Kier molecular flexibility index (Phi) is 3.56. The highest BCUT2D eigenvalue weighted by molar-refractivity contribution is 5.97. The predicted molar refractivity (Wildman–Crippen MR) is 67.0 cm³/mol. The lowest BCUT2D eigenvalue weighted by molar-refractivity contribution is -0.151. The Bertz CT molecular complexity index is 496. The maximum atomic E-state index is 12.4. The van der Waals surface area contributed by atoms with Crippen LogP contribution in [0.3, 0.4) is 0 Å². The van der Waals surface area contributed by atoms with Crippen molar-refractivity contribution in [1.29, 1.82) is 0 Å². The first-order chi connectivity index (χ1) is 8.78. The van der Waals surface area contributed by atoms with E-state index in [9.17, 15) is 18.0 Å². The molecule has 0 spiro atoms. The average molecular weight is 271 g/mol. The third-order valence-corrected chi connectivity index (χ3v) is 3.60. The summed E-state index contributed by atoms with van der Waals surface area (Å²) in [5, 5.41) is 0. The zero-order valence-electron chi connectivity index (χ0n) is 10.9. The minimum Gasteiger partial charge on any atom is -0.312 e. The lowest BCUT2D eigenvalue weighted by Gasteiger charge is -2.18. The molecule has 0 saturated carbocycles. The number of alkyl halides is 3. The molecule has 1 aliphatic heterocycles. The van der Waals surface area contributed by atoms with Crippen molar-refractivity contribution in [2.45, 2.75) is 32.9 Å². The summed E-state index contributed by atoms with van der Waals surface area (Å²) in [4.78, 5) is 13.5. The highest BCUT2D eigenvalue weighted by atomic mass is 19.4. The van der Waals surface area contributed by atoms with E-state index in [2.05, 4.69) is 0 Å². The summed E-state index contributed by atoms with van der Waals surface area (Å²) >= 11 is 0. The minimum atomic E-state index is -4.28. The second-order valence-corrected chi connectivity index (χ2v) is 5.06. The van der Waals surface area contributed by atoms with Gasteiger partial charge >= 0.3 is 6.18 Å². The van der Waals surface area contributed by atoms with Gasteiger partial charge in [-0.15, -0.1) is 0 Å². The summed E-state index contributed by atoms with van der Waals surface area (Å²) in [6.45, 7) is 4.24. The number of aryl methyl sites for hydroxylation is 2. The largest absolute Gasteiger partial charge is 0.389 e. The van der Waals surface area contributed by atoms with Crippen molar-refractivity contribution in [3.63, 3.8) is 0 Å². The molecule has 0 unspecified atom stereocenters. The zero-order valence-corrected chi connectivity index (χ0v) is 10.9. The van der Waals surface area contributed by atoms with Crippen LogP contribution in [0.1, 0.15) is 24.0 Å². The van der Waals surface area contributed by atoms with Crippen molar-refractivity contribution < 1.29 is 18.0 Å². The second-order valence-electron chi connectivity index (χ2n) is 5.06. The summed E-state index contributed by atoms with van der Waals surface area (Å²) in [7, 11) is 0. The standard InChI is InChI=1S/C14H16F3NO/c1-9-3-4-12(7-10(9)2)18-6-5-11(13(18)19)8-14(15,16)17/h3-4,7,11H,5-6,8H2,1-2H3/t11-/m0/s1. The van der Waals surface area contributed by atoms with Crippen LogP contribution in [0.15, 0.2) is 18.2 Å². The zero-order chi connectivity index (χ0) is 14.2. The number of carbonyl (C=O) groups excluding carboxylic acids is 1. The third kappa shape index (κ3) is 3.08. The van der Waals surface area contributed by atoms with Crippen molar-refractivity contribution in [1.82, 2.24) is 0 Å². The van der Waals surface area contributed by atoms with Crippen LogP contribution in [0.2, 0.25) is 0 Å². The SMILES string of the molecule is Cc1ccc(N2CC[C@@H](CC(F)(F)F)C2=O)cc1C. The monoisotopic (exact) mass is 271 g/mol. The Hall–Kier alpha value is -1.52. The highest BCUT2D eigenvalue weighted by Gasteiger charge is 2.40. The fraction of sp³-hybridized carbons (Fsp3) is 0.500. The van der Waals surface area contributed by atoms with E-state index in [0.717, 1.165) is 11.1 Å². The van der Waals surface area contributed by atoms with E-state index >= 15 is 0 Å². The molecular weight excluding hydrogens is 255 g/mol. The Balaban J connectivity index is 2.15. The molecule has 0 N–H and O–H groups in total. The first kappa shape index (κ1) is 13.9. The number of rotatable bonds is 2. The van der Waals surface area contributed by atoms with Gasteiger partial charge in [-0.2, -0.15) is 13.2 Å². The summed E-state index contributed by atoms with van der Waals surface area (Å²) in [6, 6.07) is 5.52. The molecule has 1 heterocycles. The molecule has 19 heavy (non-hydrogen) atoms. The third-order valence-electron chi connectivity index (χ3n) is 3.60. The molecule has 104 valence electrons. The van der Waals surface area contributed by atoms with Crippen LogP contribution in [0.5, 0.6) is 0 Å². The van der Waals surface area contributed by atoms with Crippen LogP contribution in [-0.2, 0) is 4.79 Å². The Morgan fingerprint density at radius 1 is 1.26 bits per heavy atom. The van der Waals surface area contributed by atoms with Crippen LogP contribution in [0.4, 0.5) is 18.9 Å². The summed E-state index contributed by atoms with van der Waals surface area (Å²) < 4.78 is 37.1. The quantitative estimate of drug-likeness (QED) is 0.804. The van der Waals surface area contributed by atoms with Gasteiger partial charge in [0, 0.05) is 18.2 Å². The van der Waals surface area contributed by atoms with Gasteiger partial charge in [-0.25, -0.2) is 0 Å². The number of hydrogen-bond acceptors (Lipinski definition) is 1. The number of hydrogen-bond donors (Lipinski definition) is 0. The molecule has 1 aromatic carbocycles. The first-order valence-corrected chi connectivity index (χ1v) is 6.23. The van der Waals surface area contributed by atoms with Gasteiger partial charge < -0.3 is 4.90 Å². The van der Waals surface area contributed by atoms with E-state index in [1.165, 1.54) is 4.90 Å². The van der Waals surface area contributed by atoms with Gasteiger partial charge in [-0.3, -0.25) is 4.79 Å². The van der Waals surface area contributed by atoms with Crippen LogP contribution in [0, 0.1) is 19.8 Å². The maximum Gasteiger partial charge on any atom is 0.389 e. The predicted octanol–water partition coefficient (Wildman–Crippen LogP) is 3.61. The number of benzene rings is 1. The van der Waals surface area contributed by atoms with Gasteiger partial charge in [-0.05, 0) is 43.5 Å². The summed E-state index contributed by atoms with van der Waals surface area (Å²) in [5.41, 5.74) is 2.82. The van der Waals surface area contributed by atoms with Crippen molar-refractivity contribution >= 4 is 11.6 Å². The van der Waals surface area contributed by atoms with Crippen LogP contribution in [0.25, 0.3) is 0 Å². The molecule has 1 aromatic rings. The Labute approximate surface area is 110 Å². The van der Waals surface area contributed by atoms with Crippen molar-refractivity contribution in [3.05, 3.63) is 29.3 Å². The molecule has 1 atom stereocenters. The first-order valence-electron chi connectivity index (χ1n) is 6.23. The molecule has 5 heteroatoms. The molecule has 2 rings (SSSR count). The van der Waals surface area contributed by atoms with E-state index in [4.69, 9.17) is 0 Å².